The number of benzene rings is 2. The topological polar surface area (TPSA) is 68.4 Å². The summed E-state index contributed by atoms with van der Waals surface area (Å²) in [4.78, 5) is 25.4. The van der Waals surface area contributed by atoms with Crippen LogP contribution in [0.3, 0.4) is 0 Å². The summed E-state index contributed by atoms with van der Waals surface area (Å²) in [6.45, 7) is 6.37. The minimum atomic E-state index is -0.346. The molecule has 0 atom stereocenters. The summed E-state index contributed by atoms with van der Waals surface area (Å²) in [6, 6.07) is 16.8. The van der Waals surface area contributed by atoms with Gasteiger partial charge < -0.3 is 9.88 Å². The van der Waals surface area contributed by atoms with E-state index in [1.165, 1.54) is 10.6 Å². The highest BCUT2D eigenvalue weighted by Gasteiger charge is 2.18. The molecule has 0 fully saturated rings. The number of carbonyl (C=O) groups is 1. The number of fused-ring (bicyclic) bond motifs is 3. The molecule has 0 aliphatic carbocycles. The molecule has 1 N–H and O–H groups in total. The molecule has 0 aliphatic rings. The first-order chi connectivity index (χ1) is 13.3. The SMILES string of the molecule is Cn1c(=O)c2cc(C(=O)Nc3cccc(C(C)(C)C)c3)nn2c2ccccc21. The fourth-order valence-corrected chi connectivity index (χ4v) is 3.29. The molecule has 4 rings (SSSR count). The van der Waals surface area contributed by atoms with Gasteiger partial charge in [0.05, 0.1) is 11.0 Å². The number of aromatic nitrogens is 3. The van der Waals surface area contributed by atoms with Gasteiger partial charge >= 0.3 is 0 Å². The van der Waals surface area contributed by atoms with E-state index in [2.05, 4.69) is 31.2 Å². The normalized spacial score (nSPS) is 11.9. The molecule has 28 heavy (non-hydrogen) atoms. The molecule has 6 heteroatoms. The molecule has 0 aliphatic heterocycles. The highest BCUT2D eigenvalue weighted by molar-refractivity contribution is 6.03. The number of nitrogens with zero attached hydrogens (tertiary/aromatic N) is 3. The van der Waals surface area contributed by atoms with Crippen molar-refractivity contribution in [2.24, 2.45) is 7.05 Å². The Bertz CT molecular complexity index is 1280. The molecule has 2 heterocycles. The van der Waals surface area contributed by atoms with E-state index in [1.54, 1.807) is 11.6 Å². The van der Waals surface area contributed by atoms with Crippen molar-refractivity contribution in [1.82, 2.24) is 14.2 Å². The first kappa shape index (κ1) is 18.0. The number of para-hydroxylation sites is 2. The van der Waals surface area contributed by atoms with E-state index in [0.29, 0.717) is 11.2 Å². The fourth-order valence-electron chi connectivity index (χ4n) is 3.29. The first-order valence-corrected chi connectivity index (χ1v) is 9.15. The van der Waals surface area contributed by atoms with Gasteiger partial charge in [-0.25, -0.2) is 4.52 Å². The quantitative estimate of drug-likeness (QED) is 0.581. The summed E-state index contributed by atoms with van der Waals surface area (Å²) in [5.41, 5.74) is 3.72. The van der Waals surface area contributed by atoms with Gasteiger partial charge in [0.1, 0.15) is 5.52 Å². The molecular formula is C22H22N4O2. The molecule has 142 valence electrons. The number of hydrogen-bond donors (Lipinski definition) is 1. The smallest absolute Gasteiger partial charge is 0.276 e. The third kappa shape index (κ3) is 2.97. The van der Waals surface area contributed by atoms with Crippen molar-refractivity contribution >= 4 is 28.1 Å². The van der Waals surface area contributed by atoms with Crippen molar-refractivity contribution < 1.29 is 4.79 Å². The second kappa shape index (κ2) is 6.34. The Kier molecular flexibility index (Phi) is 4.07. The number of nitrogens with one attached hydrogen (secondary N) is 1. The highest BCUT2D eigenvalue weighted by Crippen LogP contribution is 2.25. The lowest BCUT2D eigenvalue weighted by Crippen LogP contribution is -2.19. The van der Waals surface area contributed by atoms with Crippen molar-refractivity contribution in [3.63, 3.8) is 0 Å². The van der Waals surface area contributed by atoms with Crippen molar-refractivity contribution in [2.45, 2.75) is 26.2 Å². The van der Waals surface area contributed by atoms with Gasteiger partial charge in [0.15, 0.2) is 5.69 Å². The molecule has 0 saturated carbocycles. The van der Waals surface area contributed by atoms with Crippen LogP contribution in [0.1, 0.15) is 36.8 Å². The summed E-state index contributed by atoms with van der Waals surface area (Å²) < 4.78 is 3.11. The van der Waals surface area contributed by atoms with Gasteiger partial charge in [-0.2, -0.15) is 5.10 Å². The predicted molar refractivity (Wildman–Crippen MR) is 111 cm³/mol. The van der Waals surface area contributed by atoms with Crippen LogP contribution in [0.5, 0.6) is 0 Å². The Morgan fingerprint density at radius 2 is 1.68 bits per heavy atom. The van der Waals surface area contributed by atoms with Gasteiger partial charge in [-0.3, -0.25) is 9.59 Å². The van der Waals surface area contributed by atoms with Crippen LogP contribution in [0.15, 0.2) is 59.4 Å². The number of hydrogen-bond acceptors (Lipinski definition) is 3. The third-order valence-corrected chi connectivity index (χ3v) is 4.92. The van der Waals surface area contributed by atoms with Crippen molar-refractivity contribution in [3.8, 4) is 0 Å². The van der Waals surface area contributed by atoms with Gasteiger partial charge in [0.25, 0.3) is 11.5 Å². The average molecular weight is 374 g/mol. The predicted octanol–water partition coefficient (Wildman–Crippen LogP) is 3.74. The zero-order chi connectivity index (χ0) is 20.1. The lowest BCUT2D eigenvalue weighted by atomic mass is 9.87. The van der Waals surface area contributed by atoms with E-state index in [9.17, 15) is 9.59 Å². The molecule has 1 amide bonds. The minimum Gasteiger partial charge on any atom is -0.321 e. The molecule has 4 aromatic rings. The van der Waals surface area contributed by atoms with Crippen LogP contribution in [0.4, 0.5) is 5.69 Å². The lowest BCUT2D eigenvalue weighted by Gasteiger charge is -2.19. The number of rotatable bonds is 2. The largest absolute Gasteiger partial charge is 0.321 e. The van der Waals surface area contributed by atoms with Crippen molar-refractivity contribution in [3.05, 3.63) is 76.2 Å². The van der Waals surface area contributed by atoms with Gasteiger partial charge in [-0.15, -0.1) is 0 Å². The molecule has 0 spiro atoms. The van der Waals surface area contributed by atoms with Crippen LogP contribution < -0.4 is 10.9 Å². The summed E-state index contributed by atoms with van der Waals surface area (Å²) in [5, 5.41) is 7.29. The van der Waals surface area contributed by atoms with E-state index in [-0.39, 0.29) is 22.6 Å². The third-order valence-electron chi connectivity index (χ3n) is 4.92. The molecule has 0 saturated heterocycles. The zero-order valence-electron chi connectivity index (χ0n) is 16.4. The Balaban J connectivity index is 1.76. The second-order valence-corrected chi connectivity index (χ2v) is 7.96. The summed E-state index contributed by atoms with van der Waals surface area (Å²) in [6.07, 6.45) is 0. The van der Waals surface area contributed by atoms with E-state index in [4.69, 9.17) is 0 Å². The van der Waals surface area contributed by atoms with E-state index in [1.807, 2.05) is 48.5 Å². The number of amides is 1. The maximum Gasteiger partial charge on any atom is 0.276 e. The first-order valence-electron chi connectivity index (χ1n) is 9.15. The number of aryl methyl sites for hydroxylation is 1. The van der Waals surface area contributed by atoms with Crippen LogP contribution in [0, 0.1) is 0 Å². The van der Waals surface area contributed by atoms with E-state index in [0.717, 1.165) is 16.6 Å². The lowest BCUT2D eigenvalue weighted by molar-refractivity contribution is 0.102. The maximum absolute atomic E-state index is 12.8. The summed E-state index contributed by atoms with van der Waals surface area (Å²) >= 11 is 0. The zero-order valence-corrected chi connectivity index (χ0v) is 16.4. The Morgan fingerprint density at radius 3 is 2.39 bits per heavy atom. The molecule has 2 aromatic heterocycles. The standard InChI is InChI=1S/C22H22N4O2/c1-22(2,3)14-8-7-9-15(12-14)23-20(27)16-13-19-21(28)25(4)17-10-5-6-11-18(17)26(19)24-16/h5-13H,1-4H3,(H,23,27). The molecular weight excluding hydrogens is 352 g/mol. The van der Waals surface area contributed by atoms with Crippen molar-refractivity contribution in [1.29, 1.82) is 0 Å². The highest BCUT2D eigenvalue weighted by atomic mass is 16.2. The molecule has 0 bridgehead atoms. The summed E-state index contributed by atoms with van der Waals surface area (Å²) in [5.74, 6) is -0.346. The van der Waals surface area contributed by atoms with Gasteiger partial charge in [-0.1, -0.05) is 45.0 Å². The number of anilines is 1. The monoisotopic (exact) mass is 374 g/mol. The summed E-state index contributed by atoms with van der Waals surface area (Å²) in [7, 11) is 1.72. The van der Waals surface area contributed by atoms with E-state index >= 15 is 0 Å². The van der Waals surface area contributed by atoms with Crippen LogP contribution in [-0.2, 0) is 12.5 Å². The van der Waals surface area contributed by atoms with Gasteiger partial charge in [0, 0.05) is 18.8 Å². The second-order valence-electron chi connectivity index (χ2n) is 7.96. The van der Waals surface area contributed by atoms with Gasteiger partial charge in [-0.05, 0) is 35.2 Å². The molecule has 2 aromatic carbocycles. The fraction of sp³-hybridized carbons (Fsp3) is 0.227. The van der Waals surface area contributed by atoms with Crippen LogP contribution >= 0.6 is 0 Å². The molecule has 6 nitrogen and oxygen atoms in total. The maximum atomic E-state index is 12.8. The Hall–Kier alpha value is -3.41. The van der Waals surface area contributed by atoms with Crippen LogP contribution in [0.25, 0.3) is 16.6 Å². The molecule has 0 unspecified atom stereocenters. The van der Waals surface area contributed by atoms with Gasteiger partial charge in [0.2, 0.25) is 0 Å². The number of carbonyl (C=O) groups excluding carboxylic acids is 1. The van der Waals surface area contributed by atoms with Crippen LogP contribution in [-0.4, -0.2) is 20.1 Å². The Morgan fingerprint density at radius 1 is 0.964 bits per heavy atom. The Labute approximate surface area is 162 Å². The van der Waals surface area contributed by atoms with E-state index < -0.39 is 0 Å². The average Bonchev–Trinajstić information content (AvgIpc) is 3.12. The molecule has 0 radical (unpaired) electrons. The van der Waals surface area contributed by atoms with Crippen LogP contribution in [0.2, 0.25) is 0 Å². The van der Waals surface area contributed by atoms with Crippen molar-refractivity contribution in [2.75, 3.05) is 5.32 Å². The minimum absolute atomic E-state index is 0.0189.